The van der Waals surface area contributed by atoms with Gasteiger partial charge < -0.3 is 9.73 Å². The second-order valence-corrected chi connectivity index (χ2v) is 6.75. The normalized spacial score (nSPS) is 21.0. The molecule has 0 amide bonds. The van der Waals surface area contributed by atoms with Crippen LogP contribution in [0.4, 0.5) is 0 Å². The largest absolute Gasteiger partial charge is 0.459 e. The first-order valence-electron chi connectivity index (χ1n) is 7.84. The highest BCUT2D eigenvalue weighted by molar-refractivity contribution is 9.10. The molecule has 1 aromatic carbocycles. The Kier molecular flexibility index (Phi) is 4.67. The molecular formula is C17H23BrN2O. The Labute approximate surface area is 134 Å². The highest BCUT2D eigenvalue weighted by Gasteiger charge is 2.26. The minimum absolute atomic E-state index is 0.311. The van der Waals surface area contributed by atoms with E-state index in [2.05, 4.69) is 52.1 Å². The quantitative estimate of drug-likeness (QED) is 0.889. The summed E-state index contributed by atoms with van der Waals surface area (Å²) in [4.78, 5) is 2.55. The van der Waals surface area contributed by atoms with Gasteiger partial charge in [0.1, 0.15) is 11.3 Å². The Morgan fingerprint density at radius 2 is 2.29 bits per heavy atom. The molecule has 114 valence electrons. The molecule has 1 N–H and O–H groups in total. The fraction of sp³-hybridized carbons (Fsp3) is 0.529. The van der Waals surface area contributed by atoms with Crippen molar-refractivity contribution in [2.45, 2.75) is 38.8 Å². The first kappa shape index (κ1) is 15.1. The van der Waals surface area contributed by atoms with Crippen molar-refractivity contribution in [1.29, 1.82) is 0 Å². The minimum Gasteiger partial charge on any atom is -0.459 e. The lowest BCUT2D eigenvalue weighted by molar-refractivity contribution is 0.116. The van der Waals surface area contributed by atoms with Gasteiger partial charge in [-0.15, -0.1) is 0 Å². The summed E-state index contributed by atoms with van der Waals surface area (Å²) in [6, 6.07) is 9.29. The molecule has 1 aromatic heterocycles. The van der Waals surface area contributed by atoms with Gasteiger partial charge in [-0.25, -0.2) is 0 Å². The minimum atomic E-state index is 0.311. The van der Waals surface area contributed by atoms with Crippen LogP contribution in [0.3, 0.4) is 0 Å². The predicted molar refractivity (Wildman–Crippen MR) is 90.6 cm³/mol. The first-order valence-corrected chi connectivity index (χ1v) is 8.63. The summed E-state index contributed by atoms with van der Waals surface area (Å²) < 4.78 is 7.17. The lowest BCUT2D eigenvalue weighted by Gasteiger charge is -2.37. The van der Waals surface area contributed by atoms with Gasteiger partial charge in [-0.2, -0.15) is 0 Å². The maximum Gasteiger partial charge on any atom is 0.134 e. The molecule has 0 aliphatic carbocycles. The molecule has 0 spiro atoms. The molecule has 1 saturated heterocycles. The zero-order valence-corrected chi connectivity index (χ0v) is 14.3. The fourth-order valence-corrected chi connectivity index (χ4v) is 3.75. The standard InChI is InChI=1S/C17H23BrN2O/c1-3-20(15-5-4-8-19-11-15)12(2)17-10-13-9-14(18)6-7-16(13)21-17/h6-7,9-10,12,15,19H,3-5,8,11H2,1-2H3. The maximum absolute atomic E-state index is 6.08. The number of benzene rings is 1. The van der Waals surface area contributed by atoms with Gasteiger partial charge in [-0.3, -0.25) is 4.90 Å². The molecule has 21 heavy (non-hydrogen) atoms. The van der Waals surface area contributed by atoms with Crippen LogP contribution in [0.15, 0.2) is 33.2 Å². The fourth-order valence-electron chi connectivity index (χ4n) is 3.37. The van der Waals surface area contributed by atoms with E-state index in [1.807, 2.05) is 12.1 Å². The van der Waals surface area contributed by atoms with Crippen molar-refractivity contribution in [2.75, 3.05) is 19.6 Å². The number of halogens is 1. The number of rotatable bonds is 4. The van der Waals surface area contributed by atoms with Gasteiger partial charge in [0.25, 0.3) is 0 Å². The monoisotopic (exact) mass is 350 g/mol. The molecule has 3 nitrogen and oxygen atoms in total. The Balaban J connectivity index is 1.84. The Bertz CT molecular complexity index is 604. The van der Waals surface area contributed by atoms with E-state index >= 15 is 0 Å². The average Bonchev–Trinajstić information content (AvgIpc) is 2.92. The van der Waals surface area contributed by atoms with Gasteiger partial charge in [0, 0.05) is 22.4 Å². The van der Waals surface area contributed by atoms with Crippen LogP contribution >= 0.6 is 15.9 Å². The Morgan fingerprint density at radius 1 is 1.43 bits per heavy atom. The molecule has 0 saturated carbocycles. The van der Waals surface area contributed by atoms with Crippen molar-refractivity contribution in [3.63, 3.8) is 0 Å². The third kappa shape index (κ3) is 3.17. The molecule has 1 aliphatic rings. The SMILES string of the molecule is CCN(C1CCCNC1)C(C)c1cc2cc(Br)ccc2o1. The number of nitrogens with one attached hydrogen (secondary N) is 1. The van der Waals surface area contributed by atoms with E-state index in [4.69, 9.17) is 4.42 Å². The number of fused-ring (bicyclic) bond motifs is 1. The van der Waals surface area contributed by atoms with Crippen LogP contribution in [0.25, 0.3) is 11.0 Å². The third-order valence-corrected chi connectivity index (χ3v) is 5.00. The average molecular weight is 351 g/mol. The molecule has 2 unspecified atom stereocenters. The van der Waals surface area contributed by atoms with Crippen molar-refractivity contribution in [3.05, 3.63) is 34.5 Å². The Hall–Kier alpha value is -0.840. The molecular weight excluding hydrogens is 328 g/mol. The van der Waals surface area contributed by atoms with Gasteiger partial charge in [-0.1, -0.05) is 22.9 Å². The molecule has 4 heteroatoms. The molecule has 0 bridgehead atoms. The lowest BCUT2D eigenvalue weighted by atomic mass is 10.0. The third-order valence-electron chi connectivity index (χ3n) is 4.51. The van der Waals surface area contributed by atoms with Gasteiger partial charge >= 0.3 is 0 Å². The zero-order valence-electron chi connectivity index (χ0n) is 12.7. The molecule has 2 atom stereocenters. The number of furan rings is 1. The molecule has 1 fully saturated rings. The van der Waals surface area contributed by atoms with Gasteiger partial charge in [0.15, 0.2) is 0 Å². The lowest BCUT2D eigenvalue weighted by Crippen LogP contribution is -2.46. The zero-order chi connectivity index (χ0) is 14.8. The number of hydrogen-bond donors (Lipinski definition) is 1. The van der Waals surface area contributed by atoms with E-state index in [0.29, 0.717) is 12.1 Å². The summed E-state index contributed by atoms with van der Waals surface area (Å²) in [7, 11) is 0. The van der Waals surface area contributed by atoms with Crippen molar-refractivity contribution in [1.82, 2.24) is 10.2 Å². The van der Waals surface area contributed by atoms with Crippen molar-refractivity contribution in [3.8, 4) is 0 Å². The van der Waals surface area contributed by atoms with Gasteiger partial charge in [0.05, 0.1) is 6.04 Å². The van der Waals surface area contributed by atoms with Crippen LogP contribution in [-0.2, 0) is 0 Å². The number of hydrogen-bond acceptors (Lipinski definition) is 3. The highest BCUT2D eigenvalue weighted by Crippen LogP contribution is 2.31. The summed E-state index contributed by atoms with van der Waals surface area (Å²) in [6.45, 7) is 7.79. The van der Waals surface area contributed by atoms with Crippen molar-refractivity contribution < 1.29 is 4.42 Å². The highest BCUT2D eigenvalue weighted by atomic mass is 79.9. The molecule has 2 aromatic rings. The maximum atomic E-state index is 6.08. The van der Waals surface area contributed by atoms with Crippen LogP contribution < -0.4 is 5.32 Å². The van der Waals surface area contributed by atoms with Gasteiger partial charge in [-0.05, 0) is 57.1 Å². The van der Waals surface area contributed by atoms with E-state index in [-0.39, 0.29) is 0 Å². The van der Waals surface area contributed by atoms with E-state index in [0.717, 1.165) is 35.5 Å². The topological polar surface area (TPSA) is 28.4 Å². The number of nitrogens with zero attached hydrogens (tertiary/aromatic N) is 1. The van der Waals surface area contributed by atoms with E-state index in [1.54, 1.807) is 0 Å². The van der Waals surface area contributed by atoms with Crippen LogP contribution in [0.5, 0.6) is 0 Å². The van der Waals surface area contributed by atoms with E-state index < -0.39 is 0 Å². The Morgan fingerprint density at radius 3 is 3.00 bits per heavy atom. The van der Waals surface area contributed by atoms with Crippen LogP contribution in [-0.4, -0.2) is 30.6 Å². The van der Waals surface area contributed by atoms with E-state index in [9.17, 15) is 0 Å². The number of piperidine rings is 1. The van der Waals surface area contributed by atoms with Gasteiger partial charge in [0.2, 0.25) is 0 Å². The second-order valence-electron chi connectivity index (χ2n) is 5.84. The number of likely N-dealkylation sites (N-methyl/N-ethyl adjacent to an activating group) is 1. The first-order chi connectivity index (χ1) is 10.2. The summed E-state index contributed by atoms with van der Waals surface area (Å²) in [5.41, 5.74) is 0.970. The van der Waals surface area contributed by atoms with Crippen LogP contribution in [0.1, 0.15) is 38.5 Å². The predicted octanol–water partition coefficient (Wildman–Crippen LogP) is 4.33. The van der Waals surface area contributed by atoms with Crippen LogP contribution in [0, 0.1) is 0 Å². The molecule has 0 radical (unpaired) electrons. The molecule has 2 heterocycles. The van der Waals surface area contributed by atoms with Crippen LogP contribution in [0.2, 0.25) is 0 Å². The van der Waals surface area contributed by atoms with Crippen molar-refractivity contribution >= 4 is 26.9 Å². The smallest absolute Gasteiger partial charge is 0.134 e. The van der Waals surface area contributed by atoms with E-state index in [1.165, 1.54) is 18.2 Å². The molecule has 3 rings (SSSR count). The molecule has 1 aliphatic heterocycles. The summed E-state index contributed by atoms with van der Waals surface area (Å²) in [5.74, 6) is 1.07. The summed E-state index contributed by atoms with van der Waals surface area (Å²) >= 11 is 3.52. The summed E-state index contributed by atoms with van der Waals surface area (Å²) in [5, 5.41) is 4.68. The summed E-state index contributed by atoms with van der Waals surface area (Å²) in [6.07, 6.45) is 2.54. The van der Waals surface area contributed by atoms with Crippen molar-refractivity contribution in [2.24, 2.45) is 0 Å². The second kappa shape index (κ2) is 6.51.